The summed E-state index contributed by atoms with van der Waals surface area (Å²) in [6.07, 6.45) is 0. The Kier molecular flexibility index (Phi) is 24.0. The highest BCUT2D eigenvalue weighted by atomic mass is 35.5. The maximum atomic E-state index is 6.43. The third kappa shape index (κ3) is 16.6. The lowest BCUT2D eigenvalue weighted by atomic mass is 9.67. The normalized spacial score (nSPS) is 13.5. The van der Waals surface area contributed by atoms with Gasteiger partial charge in [-0.1, -0.05) is 479 Å². The summed E-state index contributed by atoms with van der Waals surface area (Å²) in [6, 6.07) is 175. The molecule has 18 aromatic carbocycles. The Morgan fingerprint density at radius 3 is 0.779 bits per heavy atom. The van der Waals surface area contributed by atoms with E-state index in [9.17, 15) is 0 Å². The van der Waals surface area contributed by atoms with Gasteiger partial charge in [0.1, 0.15) is 0 Å². The minimum absolute atomic E-state index is 0.176. The van der Waals surface area contributed by atoms with E-state index in [1.165, 1.54) is 94.6 Å². The van der Waals surface area contributed by atoms with Crippen LogP contribution >= 0.6 is 11.6 Å². The average molecular weight is 1770 g/mol. The molecule has 136 heavy (non-hydrogen) atoms. The van der Waals surface area contributed by atoms with Crippen molar-refractivity contribution in [2.45, 2.75) is 49.7 Å². The molecule has 8 nitrogen and oxygen atoms in total. The van der Waals surface area contributed by atoms with Crippen molar-refractivity contribution in [2.24, 2.45) is 0 Å². The van der Waals surface area contributed by atoms with E-state index in [4.69, 9.17) is 40.8 Å². The number of nitrogens with zero attached hydrogens (tertiary/aromatic N) is 6. The van der Waals surface area contributed by atoms with Crippen LogP contribution in [0, 0.1) is 0 Å². The number of rotatable bonds is 18. The largest absolute Gasteiger partial charge is 0.494 e. The van der Waals surface area contributed by atoms with Crippen LogP contribution in [0.5, 0.6) is 0 Å². The maximum Gasteiger partial charge on any atom is 0.494 e. The van der Waals surface area contributed by atoms with Crippen LogP contribution in [0.1, 0.15) is 117 Å². The van der Waals surface area contributed by atoms with E-state index >= 15 is 0 Å². The van der Waals surface area contributed by atoms with E-state index in [0.29, 0.717) is 29.1 Å². The SMILES string of the molecule is CC1(C)OB(c2cccc(C(=C(c3ccccc3)c3ccccc3)c3ccccc3)c2)OC1(C)C.Clc1nc(-c2ccccc2)nc(-c2ccc3c(c2)C(c2ccccc2)(c2ccccc2)c2ccccc2-3)n1.c1ccc(C(=C(c2ccccc2)c2cccc(-c3nc(-c4ccccc4)nc(-c4ccc5c(c4)C(c4ccccc4)(c4ccccc4)c4ccccc4-5)n3)c2)c2ccccc2)cc1. The zero-order valence-corrected chi connectivity index (χ0v) is 76.6. The summed E-state index contributed by atoms with van der Waals surface area (Å²) < 4.78 is 12.8. The molecule has 20 aromatic rings. The fraction of sp³-hybridized carbons (Fsp3) is 0.0635. The van der Waals surface area contributed by atoms with Crippen molar-refractivity contribution in [3.05, 3.63) is 592 Å². The number of hydrogen-bond acceptors (Lipinski definition) is 8. The molecule has 3 aliphatic rings. The van der Waals surface area contributed by atoms with Gasteiger partial charge in [0.25, 0.3) is 0 Å². The Morgan fingerprint density at radius 1 is 0.206 bits per heavy atom. The molecule has 0 spiro atoms. The smallest absolute Gasteiger partial charge is 0.399 e. The van der Waals surface area contributed by atoms with Gasteiger partial charge in [-0.2, -0.15) is 9.97 Å². The molecule has 2 aliphatic carbocycles. The number of aromatic nitrogens is 6. The van der Waals surface area contributed by atoms with Crippen LogP contribution in [0.25, 0.3) is 101 Å². The summed E-state index contributed by atoms with van der Waals surface area (Å²) >= 11 is 6.43. The van der Waals surface area contributed by atoms with Crippen LogP contribution in [-0.4, -0.2) is 48.2 Å². The van der Waals surface area contributed by atoms with Crippen LogP contribution in [-0.2, 0) is 20.1 Å². The topological polar surface area (TPSA) is 95.8 Å². The van der Waals surface area contributed by atoms with Crippen LogP contribution < -0.4 is 5.46 Å². The molecule has 3 heterocycles. The van der Waals surface area contributed by atoms with E-state index in [2.05, 4.69) is 487 Å². The fourth-order valence-electron chi connectivity index (χ4n) is 19.8. The highest BCUT2D eigenvalue weighted by Crippen LogP contribution is 2.59. The third-order valence-electron chi connectivity index (χ3n) is 26.7. The lowest BCUT2D eigenvalue weighted by molar-refractivity contribution is 0.00578. The van der Waals surface area contributed by atoms with Gasteiger partial charge in [-0.05, 0) is 197 Å². The van der Waals surface area contributed by atoms with Gasteiger partial charge in [-0.15, -0.1) is 0 Å². The summed E-state index contributed by atoms with van der Waals surface area (Å²) in [7, 11) is -0.408. The molecule has 0 N–H and O–H groups in total. The fourth-order valence-corrected chi connectivity index (χ4v) is 20.0. The molecular formula is C126H94BClN6O2. The zero-order chi connectivity index (χ0) is 92.0. The predicted octanol–water partition coefficient (Wildman–Crippen LogP) is 29.5. The predicted molar refractivity (Wildman–Crippen MR) is 557 cm³/mol. The van der Waals surface area contributed by atoms with Crippen molar-refractivity contribution in [3.63, 3.8) is 0 Å². The Balaban J connectivity index is 0.000000130. The summed E-state index contributed by atoms with van der Waals surface area (Å²) in [4.78, 5) is 29.6. The zero-order valence-electron chi connectivity index (χ0n) is 75.8. The van der Waals surface area contributed by atoms with Crippen molar-refractivity contribution in [3.8, 4) is 79.2 Å². The quantitative estimate of drug-likeness (QED) is 0.0619. The van der Waals surface area contributed by atoms with Gasteiger partial charge in [0.15, 0.2) is 29.1 Å². The van der Waals surface area contributed by atoms with Gasteiger partial charge >= 0.3 is 7.12 Å². The molecule has 1 saturated heterocycles. The van der Waals surface area contributed by atoms with Crippen LogP contribution in [0.2, 0.25) is 5.28 Å². The van der Waals surface area contributed by atoms with Gasteiger partial charge in [-0.25, -0.2) is 19.9 Å². The van der Waals surface area contributed by atoms with E-state index in [1.54, 1.807) is 0 Å². The van der Waals surface area contributed by atoms with Gasteiger partial charge in [0.2, 0.25) is 5.28 Å². The number of hydrogen-bond donors (Lipinski definition) is 0. The molecule has 10 heteroatoms. The lowest BCUT2D eigenvalue weighted by Gasteiger charge is -2.34. The summed E-state index contributed by atoms with van der Waals surface area (Å²) in [6.45, 7) is 8.37. The van der Waals surface area contributed by atoms with Gasteiger partial charge in [0, 0.05) is 27.8 Å². The Labute approximate surface area is 800 Å². The van der Waals surface area contributed by atoms with Crippen molar-refractivity contribution >= 4 is 46.5 Å². The standard InChI is InChI=1S/C60H41N3.C34H22ClN3.C32H31BO2/c1-7-22-42(23-8-1)55(43-24-9-2-10-25-43)56(44-26-11-3-12-27-44)46-30-21-31-47(40-46)58-61-57(45-28-13-4-14-29-45)62-59(63-58)48-38-39-52-51-36-19-20-37-53(51)60(54(52)41-48,49-32-15-5-16-33-49)50-34-17-6-18-35-50;35-33-37-31(23-12-4-1-5-13-23)36-32(38-33)24-20-21-28-27-18-10-11-19-29(27)34(30(28)22-24,25-14-6-2-7-15-25)26-16-8-3-9-17-26;1-31(2)32(3,4)35-33(34-31)28-22-14-21-27(23-28)30(26-19-12-7-13-20-26)29(24-15-8-5-9-16-24)25-17-10-6-11-18-25/h1-41H;1-22H;5-23H,1-4H3. The van der Waals surface area contributed by atoms with Crippen molar-refractivity contribution in [1.82, 2.24) is 29.9 Å². The van der Waals surface area contributed by atoms with Crippen molar-refractivity contribution in [2.75, 3.05) is 0 Å². The summed E-state index contributed by atoms with van der Waals surface area (Å²) in [5, 5.41) is 0.176. The van der Waals surface area contributed by atoms with Crippen molar-refractivity contribution < 1.29 is 9.31 Å². The second-order valence-electron chi connectivity index (χ2n) is 35.4. The second kappa shape index (κ2) is 37.8. The molecule has 0 amide bonds. The Morgan fingerprint density at radius 2 is 0.441 bits per heavy atom. The van der Waals surface area contributed by atoms with Gasteiger partial charge in [-0.3, -0.25) is 0 Å². The second-order valence-corrected chi connectivity index (χ2v) is 35.7. The van der Waals surface area contributed by atoms with Crippen LogP contribution in [0.4, 0.5) is 0 Å². The van der Waals surface area contributed by atoms with Crippen LogP contribution in [0.15, 0.2) is 497 Å². The van der Waals surface area contributed by atoms with E-state index in [-0.39, 0.29) is 16.5 Å². The highest BCUT2D eigenvalue weighted by molar-refractivity contribution is 6.62. The Hall–Kier alpha value is -16.3. The first kappa shape index (κ1) is 86.5. The number of halogens is 1. The number of fused-ring (bicyclic) bond motifs is 6. The maximum absolute atomic E-state index is 6.43. The highest BCUT2D eigenvalue weighted by Gasteiger charge is 2.52. The first-order chi connectivity index (χ1) is 66.9. The van der Waals surface area contributed by atoms with E-state index in [1.807, 2.05) is 48.5 Å². The van der Waals surface area contributed by atoms with E-state index < -0.39 is 17.9 Å². The summed E-state index contributed by atoms with van der Waals surface area (Å²) in [5.74, 6) is 2.95. The summed E-state index contributed by atoms with van der Waals surface area (Å²) in [5.41, 5.74) is 32.2. The first-order valence-electron chi connectivity index (χ1n) is 46.2. The molecule has 650 valence electrons. The van der Waals surface area contributed by atoms with Gasteiger partial charge < -0.3 is 9.31 Å². The molecule has 1 aliphatic heterocycles. The molecular weight excluding hydrogens is 1680 g/mol. The monoisotopic (exact) mass is 1770 g/mol. The molecule has 0 unspecified atom stereocenters. The lowest BCUT2D eigenvalue weighted by Crippen LogP contribution is -2.41. The molecule has 0 radical (unpaired) electrons. The van der Waals surface area contributed by atoms with Crippen LogP contribution in [0.3, 0.4) is 0 Å². The van der Waals surface area contributed by atoms with Gasteiger partial charge in [0.05, 0.1) is 22.0 Å². The molecule has 0 atom stereocenters. The first-order valence-corrected chi connectivity index (χ1v) is 46.6. The molecule has 2 aromatic heterocycles. The van der Waals surface area contributed by atoms with Crippen molar-refractivity contribution in [1.29, 1.82) is 0 Å². The molecule has 0 bridgehead atoms. The molecule has 0 saturated carbocycles. The Bertz CT molecular complexity index is 7560. The minimum atomic E-state index is -0.549. The minimum Gasteiger partial charge on any atom is -0.399 e. The van der Waals surface area contributed by atoms with E-state index in [0.717, 1.165) is 72.2 Å². The number of benzene rings is 18. The average Bonchev–Trinajstić information content (AvgIpc) is 1.54. The molecule has 1 fully saturated rings. The molecule has 23 rings (SSSR count). The third-order valence-corrected chi connectivity index (χ3v) is 26.9.